The molecule has 0 spiro atoms. The van der Waals surface area contributed by atoms with E-state index in [4.69, 9.17) is 4.42 Å². The highest BCUT2D eigenvalue weighted by Crippen LogP contribution is 2.23. The average molecular weight is 384 g/mol. The van der Waals surface area contributed by atoms with Crippen molar-refractivity contribution < 1.29 is 9.21 Å². The van der Waals surface area contributed by atoms with Gasteiger partial charge in [0.05, 0.1) is 5.52 Å². The highest BCUT2D eigenvalue weighted by Gasteiger charge is 2.25. The zero-order valence-electron chi connectivity index (χ0n) is 17.1. The summed E-state index contributed by atoms with van der Waals surface area (Å²) < 4.78 is 8.97. The van der Waals surface area contributed by atoms with Crippen LogP contribution in [0, 0.1) is 25.7 Å². The van der Waals surface area contributed by atoms with Gasteiger partial charge in [-0.15, -0.1) is 0 Å². The molecule has 3 aromatic rings. The molecule has 7 heteroatoms. The molecule has 4 heterocycles. The van der Waals surface area contributed by atoms with Crippen LogP contribution in [0.2, 0.25) is 0 Å². The zero-order valence-corrected chi connectivity index (χ0v) is 17.1. The third kappa shape index (κ3) is 3.34. The highest BCUT2D eigenvalue weighted by molar-refractivity contribution is 5.83. The summed E-state index contributed by atoms with van der Waals surface area (Å²) in [5, 5.41) is 4.47. The lowest BCUT2D eigenvalue weighted by molar-refractivity contribution is -0.134. The number of aromatic nitrogens is 3. The molecule has 150 valence electrons. The Morgan fingerprint density at radius 2 is 1.89 bits per heavy atom. The maximum atomic E-state index is 12.8. The van der Waals surface area contributed by atoms with Crippen molar-refractivity contribution in [3.05, 3.63) is 34.1 Å². The molecule has 7 nitrogen and oxygen atoms in total. The van der Waals surface area contributed by atoms with Crippen molar-refractivity contribution in [1.29, 1.82) is 0 Å². The molecule has 0 aromatic carbocycles. The number of amides is 1. The molecule has 1 fully saturated rings. The quantitative estimate of drug-likeness (QED) is 0.693. The van der Waals surface area contributed by atoms with E-state index in [-0.39, 0.29) is 11.5 Å². The molecule has 4 rings (SSSR count). The number of furan rings is 1. The lowest BCUT2D eigenvalue weighted by Crippen LogP contribution is -2.42. The lowest BCUT2D eigenvalue weighted by Gasteiger charge is -2.35. The lowest BCUT2D eigenvalue weighted by atomic mass is 9.91. The molecule has 28 heavy (non-hydrogen) atoms. The summed E-state index contributed by atoms with van der Waals surface area (Å²) in [7, 11) is 0. The summed E-state index contributed by atoms with van der Waals surface area (Å²) in [5.41, 5.74) is 1.97. The van der Waals surface area contributed by atoms with E-state index < -0.39 is 0 Å². The Morgan fingerprint density at radius 3 is 2.61 bits per heavy atom. The first-order chi connectivity index (χ1) is 13.3. The van der Waals surface area contributed by atoms with Crippen LogP contribution in [0.3, 0.4) is 0 Å². The van der Waals surface area contributed by atoms with Crippen molar-refractivity contribution in [2.24, 2.45) is 11.8 Å². The van der Waals surface area contributed by atoms with E-state index in [2.05, 4.69) is 18.9 Å². The van der Waals surface area contributed by atoms with E-state index in [0.717, 1.165) is 30.2 Å². The second kappa shape index (κ2) is 7.11. The third-order valence-corrected chi connectivity index (χ3v) is 5.64. The molecule has 0 aliphatic carbocycles. The van der Waals surface area contributed by atoms with Crippen LogP contribution in [0.1, 0.15) is 44.7 Å². The Morgan fingerprint density at radius 1 is 1.18 bits per heavy atom. The fourth-order valence-electron chi connectivity index (χ4n) is 4.57. The Hall–Kier alpha value is -2.57. The summed E-state index contributed by atoms with van der Waals surface area (Å²) in [6, 6.07) is 3.69. The molecule has 1 aliphatic heterocycles. The number of aryl methyl sites for hydroxylation is 3. The third-order valence-electron chi connectivity index (χ3n) is 5.64. The van der Waals surface area contributed by atoms with Crippen molar-refractivity contribution >= 4 is 22.5 Å². The molecular weight excluding hydrogens is 356 g/mol. The standard InChI is InChI=1S/C21H28N4O3/c1-13-8-14(2)12-23(11-13)20(26)6-5-7-24-21(27)18-10-19-17(9-15(3)28-19)25(18)16(4)22-24/h9-10,13-14H,5-8,11-12H2,1-4H3/t13-,14-/m0/s1. The maximum Gasteiger partial charge on any atom is 0.291 e. The molecule has 1 aliphatic rings. The van der Waals surface area contributed by atoms with Crippen molar-refractivity contribution in [1.82, 2.24) is 19.1 Å². The van der Waals surface area contributed by atoms with Crippen LogP contribution in [-0.4, -0.2) is 38.1 Å². The van der Waals surface area contributed by atoms with Crippen molar-refractivity contribution in [3.8, 4) is 0 Å². The van der Waals surface area contributed by atoms with E-state index >= 15 is 0 Å². The predicted octanol–water partition coefficient (Wildman–Crippen LogP) is 3.14. The summed E-state index contributed by atoms with van der Waals surface area (Å²) in [4.78, 5) is 27.4. The van der Waals surface area contributed by atoms with Gasteiger partial charge < -0.3 is 9.32 Å². The van der Waals surface area contributed by atoms with E-state index in [9.17, 15) is 9.59 Å². The minimum Gasteiger partial charge on any atom is -0.460 e. The number of likely N-dealkylation sites (tertiary alicyclic amines) is 1. The van der Waals surface area contributed by atoms with Crippen molar-refractivity contribution in [2.45, 2.75) is 53.5 Å². The van der Waals surface area contributed by atoms with Crippen LogP contribution in [0.4, 0.5) is 0 Å². The minimum atomic E-state index is -0.151. The van der Waals surface area contributed by atoms with Gasteiger partial charge in [-0.1, -0.05) is 13.8 Å². The summed E-state index contributed by atoms with van der Waals surface area (Å²) >= 11 is 0. The second-order valence-corrected chi connectivity index (χ2v) is 8.40. The first-order valence-corrected chi connectivity index (χ1v) is 10.1. The molecular formula is C21H28N4O3. The SMILES string of the molecule is Cc1cc2c(cc3c(=O)n(CCCC(=O)N4C[C@@H](C)C[C@H](C)C4)nc(C)n32)o1. The van der Waals surface area contributed by atoms with Gasteiger partial charge in [0.1, 0.15) is 17.1 Å². The smallest absolute Gasteiger partial charge is 0.291 e. The van der Waals surface area contributed by atoms with Crippen LogP contribution < -0.4 is 5.56 Å². The summed E-state index contributed by atoms with van der Waals surface area (Å²) in [6.45, 7) is 10.3. The van der Waals surface area contributed by atoms with Gasteiger partial charge in [0, 0.05) is 38.2 Å². The molecule has 0 radical (unpaired) electrons. The molecule has 2 atom stereocenters. The largest absolute Gasteiger partial charge is 0.460 e. The van der Waals surface area contributed by atoms with Crippen LogP contribution in [-0.2, 0) is 11.3 Å². The van der Waals surface area contributed by atoms with Gasteiger partial charge in [-0.25, -0.2) is 4.68 Å². The summed E-state index contributed by atoms with van der Waals surface area (Å²) in [5.74, 6) is 2.83. The Labute approximate surface area is 163 Å². The van der Waals surface area contributed by atoms with Crippen LogP contribution in [0.15, 0.2) is 21.3 Å². The number of rotatable bonds is 4. The summed E-state index contributed by atoms with van der Waals surface area (Å²) in [6.07, 6.45) is 2.24. The molecule has 0 bridgehead atoms. The Kier molecular flexibility index (Phi) is 4.77. The number of nitrogens with zero attached hydrogens (tertiary/aromatic N) is 4. The van der Waals surface area contributed by atoms with E-state index in [1.807, 2.05) is 29.2 Å². The van der Waals surface area contributed by atoms with Crippen LogP contribution in [0.25, 0.3) is 16.6 Å². The topological polar surface area (TPSA) is 72.8 Å². The van der Waals surface area contributed by atoms with Gasteiger partial charge in [0.2, 0.25) is 5.91 Å². The van der Waals surface area contributed by atoms with Gasteiger partial charge in [-0.3, -0.25) is 14.0 Å². The van der Waals surface area contributed by atoms with Crippen LogP contribution in [0.5, 0.6) is 0 Å². The van der Waals surface area contributed by atoms with E-state index in [1.54, 1.807) is 6.07 Å². The van der Waals surface area contributed by atoms with Gasteiger partial charge >= 0.3 is 0 Å². The van der Waals surface area contributed by atoms with E-state index in [1.165, 1.54) is 11.1 Å². The van der Waals surface area contributed by atoms with Crippen molar-refractivity contribution in [3.63, 3.8) is 0 Å². The number of carbonyl (C=O) groups is 1. The van der Waals surface area contributed by atoms with Crippen LogP contribution >= 0.6 is 0 Å². The van der Waals surface area contributed by atoms with E-state index in [0.29, 0.717) is 42.3 Å². The monoisotopic (exact) mass is 384 g/mol. The fourth-order valence-corrected chi connectivity index (χ4v) is 4.57. The highest BCUT2D eigenvalue weighted by atomic mass is 16.3. The van der Waals surface area contributed by atoms with Gasteiger partial charge in [0.15, 0.2) is 5.58 Å². The average Bonchev–Trinajstić information content (AvgIpc) is 3.14. The number of fused-ring (bicyclic) bond motifs is 3. The second-order valence-electron chi connectivity index (χ2n) is 8.40. The van der Waals surface area contributed by atoms with Gasteiger partial charge in [0.25, 0.3) is 5.56 Å². The number of hydrogen-bond donors (Lipinski definition) is 0. The first kappa shape index (κ1) is 18.8. The number of hydrogen-bond acceptors (Lipinski definition) is 4. The normalized spacial score (nSPS) is 20.4. The Balaban J connectivity index is 1.48. The Bertz CT molecular complexity index is 1080. The molecule has 0 unspecified atom stereocenters. The number of piperidine rings is 1. The van der Waals surface area contributed by atoms with Gasteiger partial charge in [-0.2, -0.15) is 5.10 Å². The minimum absolute atomic E-state index is 0.151. The molecule has 0 saturated carbocycles. The molecule has 1 saturated heterocycles. The van der Waals surface area contributed by atoms with Crippen molar-refractivity contribution in [2.75, 3.05) is 13.1 Å². The number of carbonyl (C=O) groups excluding carboxylic acids is 1. The first-order valence-electron chi connectivity index (χ1n) is 10.1. The zero-order chi connectivity index (χ0) is 20.0. The molecule has 1 amide bonds. The molecule has 0 N–H and O–H groups in total. The fraction of sp³-hybridized carbons (Fsp3) is 0.571. The maximum absolute atomic E-state index is 12.8. The predicted molar refractivity (Wildman–Crippen MR) is 107 cm³/mol. The molecule has 3 aromatic heterocycles. The van der Waals surface area contributed by atoms with Gasteiger partial charge in [-0.05, 0) is 38.5 Å².